The molecule has 2 rings (SSSR count). The number of rotatable bonds is 6. The molecule has 26 heavy (non-hydrogen) atoms. The summed E-state index contributed by atoms with van der Waals surface area (Å²) < 4.78 is 36.2. The smallest absolute Gasteiger partial charge is 0.254 e. The Labute approximate surface area is 154 Å². The molecule has 1 heterocycles. The van der Waals surface area contributed by atoms with Gasteiger partial charge < -0.3 is 20.1 Å². The zero-order valence-corrected chi connectivity index (χ0v) is 16.4. The Morgan fingerprint density at radius 3 is 2.35 bits per heavy atom. The van der Waals surface area contributed by atoms with Crippen LogP contribution >= 0.6 is 0 Å². The molecular weight excluding hydrogens is 358 g/mol. The summed E-state index contributed by atoms with van der Waals surface area (Å²) in [6.07, 6.45) is 2.74. The minimum Gasteiger partial charge on any atom is -0.493 e. The molecule has 1 fully saturated rings. The molecule has 1 aromatic carbocycles. The molecule has 146 valence electrons. The number of carbonyl (C=O) groups excluding carboxylic acids is 1. The summed E-state index contributed by atoms with van der Waals surface area (Å²) in [6.45, 7) is 3.22. The average Bonchev–Trinajstić information content (AvgIpc) is 2.59. The van der Waals surface area contributed by atoms with Crippen LogP contribution in [0.4, 0.5) is 5.69 Å². The van der Waals surface area contributed by atoms with E-state index in [4.69, 9.17) is 15.2 Å². The first kappa shape index (κ1) is 20.3. The predicted molar refractivity (Wildman–Crippen MR) is 100 cm³/mol. The minimum absolute atomic E-state index is 0.110. The number of hydrogen-bond acceptors (Lipinski definition) is 6. The lowest BCUT2D eigenvalue weighted by Gasteiger charge is -2.34. The van der Waals surface area contributed by atoms with Crippen LogP contribution in [0.25, 0.3) is 0 Å². The molecule has 0 saturated carbocycles. The first-order chi connectivity index (χ1) is 12.2. The number of hydrogen-bond donors (Lipinski definition) is 2. The number of nitrogens with zero attached hydrogens (tertiary/aromatic N) is 1. The van der Waals surface area contributed by atoms with Gasteiger partial charge in [0.25, 0.3) is 5.91 Å². The van der Waals surface area contributed by atoms with Crippen molar-refractivity contribution in [2.45, 2.75) is 25.8 Å². The molecule has 0 radical (unpaired) electrons. The molecule has 0 aromatic heterocycles. The molecule has 3 N–H and O–H groups in total. The number of benzene rings is 1. The second-order valence-corrected chi connectivity index (χ2v) is 8.37. The Balaban J connectivity index is 2.31. The van der Waals surface area contributed by atoms with Gasteiger partial charge in [-0.1, -0.05) is 0 Å². The zero-order chi connectivity index (χ0) is 19.5. The number of nitrogens with one attached hydrogen (secondary N) is 1. The van der Waals surface area contributed by atoms with Gasteiger partial charge >= 0.3 is 0 Å². The summed E-state index contributed by atoms with van der Waals surface area (Å²) >= 11 is 0. The van der Waals surface area contributed by atoms with Crippen molar-refractivity contribution in [3.05, 3.63) is 17.7 Å². The lowest BCUT2D eigenvalue weighted by molar-refractivity contribution is 0.0680. The number of piperidine rings is 1. The number of anilines is 1. The summed E-state index contributed by atoms with van der Waals surface area (Å²) in [5, 5.41) is 0. The highest BCUT2D eigenvalue weighted by molar-refractivity contribution is 7.92. The summed E-state index contributed by atoms with van der Waals surface area (Å²) in [4.78, 5) is 14.6. The lowest BCUT2D eigenvalue weighted by atomic mass is 9.90. The summed E-state index contributed by atoms with van der Waals surface area (Å²) in [6, 6.07) is 3.15. The molecular formula is C17H27N3O5S. The minimum atomic E-state index is -3.54. The largest absolute Gasteiger partial charge is 0.493 e. The third-order valence-corrected chi connectivity index (χ3v) is 5.18. The van der Waals surface area contributed by atoms with Gasteiger partial charge in [0, 0.05) is 24.7 Å². The van der Waals surface area contributed by atoms with Crippen molar-refractivity contribution in [3.63, 3.8) is 0 Å². The van der Waals surface area contributed by atoms with E-state index in [2.05, 4.69) is 4.72 Å². The molecule has 1 saturated heterocycles. The highest BCUT2D eigenvalue weighted by Crippen LogP contribution is 2.37. The SMILES string of the molecule is COc1cc(C(=O)N2CCC(C(C)N)CC2)cc(NS(C)(=O)=O)c1OC. The Morgan fingerprint density at radius 2 is 1.88 bits per heavy atom. The van der Waals surface area contributed by atoms with Gasteiger partial charge in [-0.25, -0.2) is 8.42 Å². The number of carbonyl (C=O) groups is 1. The standard InChI is InChI=1S/C17H27N3O5S/c1-11(18)12-5-7-20(8-6-12)17(21)13-9-14(19-26(4,22)23)16(25-3)15(10-13)24-2/h9-12,19H,5-8,18H2,1-4H3. The molecule has 1 aliphatic heterocycles. The number of ether oxygens (including phenoxy) is 2. The van der Waals surface area contributed by atoms with E-state index in [-0.39, 0.29) is 29.1 Å². The molecule has 1 unspecified atom stereocenters. The predicted octanol–water partition coefficient (Wildman–Crippen LogP) is 1.27. The normalized spacial score (nSPS) is 16.9. The van der Waals surface area contributed by atoms with E-state index >= 15 is 0 Å². The van der Waals surface area contributed by atoms with Crippen LogP contribution in [-0.4, -0.2) is 58.8 Å². The van der Waals surface area contributed by atoms with Crippen LogP contribution in [0.2, 0.25) is 0 Å². The second-order valence-electron chi connectivity index (χ2n) is 6.62. The second kappa shape index (κ2) is 8.13. The van der Waals surface area contributed by atoms with Crippen LogP contribution < -0.4 is 19.9 Å². The van der Waals surface area contributed by atoms with Gasteiger partial charge in [0.1, 0.15) is 0 Å². The Bertz CT molecular complexity index is 756. The van der Waals surface area contributed by atoms with E-state index in [0.717, 1.165) is 19.1 Å². The average molecular weight is 385 g/mol. The van der Waals surface area contributed by atoms with Crippen LogP contribution in [0.5, 0.6) is 11.5 Å². The molecule has 9 heteroatoms. The number of likely N-dealkylation sites (tertiary alicyclic amines) is 1. The highest BCUT2D eigenvalue weighted by Gasteiger charge is 2.27. The van der Waals surface area contributed by atoms with Crippen LogP contribution in [0.3, 0.4) is 0 Å². The fourth-order valence-corrected chi connectivity index (χ4v) is 3.73. The maximum atomic E-state index is 12.9. The number of amides is 1. The maximum absolute atomic E-state index is 12.9. The molecule has 0 aliphatic carbocycles. The molecule has 0 spiro atoms. The van der Waals surface area contributed by atoms with E-state index in [1.54, 1.807) is 11.0 Å². The summed E-state index contributed by atoms with van der Waals surface area (Å²) in [7, 11) is -0.700. The summed E-state index contributed by atoms with van der Waals surface area (Å²) in [5.41, 5.74) is 6.46. The first-order valence-electron chi connectivity index (χ1n) is 8.45. The van der Waals surface area contributed by atoms with Gasteiger partial charge in [-0.05, 0) is 37.8 Å². The number of methoxy groups -OCH3 is 2. The molecule has 0 bridgehead atoms. The Morgan fingerprint density at radius 1 is 1.27 bits per heavy atom. The van der Waals surface area contributed by atoms with Gasteiger partial charge in [0.05, 0.1) is 26.2 Å². The third kappa shape index (κ3) is 4.79. The van der Waals surface area contributed by atoms with Gasteiger partial charge in [0.15, 0.2) is 11.5 Å². The van der Waals surface area contributed by atoms with Crippen molar-refractivity contribution >= 4 is 21.6 Å². The third-order valence-electron chi connectivity index (χ3n) is 4.59. The topological polar surface area (TPSA) is 111 Å². The van der Waals surface area contributed by atoms with E-state index in [1.165, 1.54) is 20.3 Å². The number of nitrogens with two attached hydrogens (primary N) is 1. The van der Waals surface area contributed by atoms with Crippen LogP contribution in [0.1, 0.15) is 30.1 Å². The van der Waals surface area contributed by atoms with Crippen molar-refractivity contribution in [2.24, 2.45) is 11.7 Å². The highest BCUT2D eigenvalue weighted by atomic mass is 32.2. The fraction of sp³-hybridized carbons (Fsp3) is 0.588. The van der Waals surface area contributed by atoms with Gasteiger partial charge in [0.2, 0.25) is 10.0 Å². The molecule has 1 aromatic rings. The van der Waals surface area contributed by atoms with Gasteiger partial charge in [-0.15, -0.1) is 0 Å². The van der Waals surface area contributed by atoms with E-state index in [0.29, 0.717) is 24.6 Å². The van der Waals surface area contributed by atoms with Crippen molar-refractivity contribution in [3.8, 4) is 11.5 Å². The zero-order valence-electron chi connectivity index (χ0n) is 15.6. The van der Waals surface area contributed by atoms with Gasteiger partial charge in [-0.3, -0.25) is 9.52 Å². The lowest BCUT2D eigenvalue weighted by Crippen LogP contribution is -2.42. The monoisotopic (exact) mass is 385 g/mol. The van der Waals surface area contributed by atoms with Crippen molar-refractivity contribution in [1.29, 1.82) is 0 Å². The quantitative estimate of drug-likeness (QED) is 0.763. The van der Waals surface area contributed by atoms with E-state index in [1.807, 2.05) is 6.92 Å². The summed E-state index contributed by atoms with van der Waals surface area (Å²) in [5.74, 6) is 0.748. The number of sulfonamides is 1. The molecule has 1 amide bonds. The van der Waals surface area contributed by atoms with Crippen LogP contribution in [-0.2, 0) is 10.0 Å². The first-order valence-corrected chi connectivity index (χ1v) is 10.3. The Hall–Kier alpha value is -2.00. The van der Waals surface area contributed by atoms with Crippen molar-refractivity contribution < 1.29 is 22.7 Å². The molecule has 1 atom stereocenters. The molecule has 1 aliphatic rings. The fourth-order valence-electron chi connectivity index (χ4n) is 3.17. The van der Waals surface area contributed by atoms with E-state index in [9.17, 15) is 13.2 Å². The van der Waals surface area contributed by atoms with Crippen LogP contribution in [0, 0.1) is 5.92 Å². The maximum Gasteiger partial charge on any atom is 0.254 e. The van der Waals surface area contributed by atoms with Crippen molar-refractivity contribution in [2.75, 3.05) is 38.3 Å². The van der Waals surface area contributed by atoms with E-state index < -0.39 is 10.0 Å². The van der Waals surface area contributed by atoms with Crippen molar-refractivity contribution in [1.82, 2.24) is 4.90 Å². The van der Waals surface area contributed by atoms with Gasteiger partial charge in [-0.2, -0.15) is 0 Å². The molecule has 8 nitrogen and oxygen atoms in total. The Kier molecular flexibility index (Phi) is 6.35. The van der Waals surface area contributed by atoms with Crippen LogP contribution in [0.15, 0.2) is 12.1 Å².